The van der Waals surface area contributed by atoms with Gasteiger partial charge in [-0.15, -0.1) is 0 Å². The molecule has 1 heterocycles. The van der Waals surface area contributed by atoms with E-state index in [9.17, 15) is 13.2 Å². The zero-order chi connectivity index (χ0) is 18.0. The number of rotatable bonds is 4. The Kier molecular flexibility index (Phi) is 4.55. The third-order valence-electron chi connectivity index (χ3n) is 3.99. The van der Waals surface area contributed by atoms with Crippen LogP contribution in [0.1, 0.15) is 29.0 Å². The van der Waals surface area contributed by atoms with Gasteiger partial charge in [-0.2, -0.15) is 0 Å². The van der Waals surface area contributed by atoms with Crippen LogP contribution in [0.25, 0.3) is 10.9 Å². The second-order valence-electron chi connectivity index (χ2n) is 5.93. The van der Waals surface area contributed by atoms with Gasteiger partial charge in [0.1, 0.15) is 5.69 Å². The molecular weight excluding hydrogens is 336 g/mol. The van der Waals surface area contributed by atoms with Crippen LogP contribution in [0.2, 0.25) is 0 Å². The zero-order valence-corrected chi connectivity index (χ0v) is 14.7. The molecule has 1 N–H and O–H groups in total. The first kappa shape index (κ1) is 17.1. The van der Waals surface area contributed by atoms with E-state index in [1.165, 1.54) is 6.26 Å². The van der Waals surface area contributed by atoms with Crippen molar-refractivity contribution in [1.82, 2.24) is 10.3 Å². The molecule has 0 aliphatic heterocycles. The van der Waals surface area contributed by atoms with Gasteiger partial charge in [0.15, 0.2) is 9.84 Å². The first-order valence-corrected chi connectivity index (χ1v) is 9.70. The number of hydrogen-bond acceptors (Lipinski definition) is 4. The number of fused-ring (bicyclic) bond motifs is 1. The van der Waals surface area contributed by atoms with Gasteiger partial charge in [0, 0.05) is 11.6 Å². The maximum absolute atomic E-state index is 12.4. The largest absolute Gasteiger partial charge is 0.344 e. The van der Waals surface area contributed by atoms with E-state index in [0.29, 0.717) is 5.69 Å². The minimum Gasteiger partial charge on any atom is -0.344 e. The van der Waals surface area contributed by atoms with Crippen molar-refractivity contribution < 1.29 is 13.2 Å². The number of sulfone groups is 1. The Morgan fingerprint density at radius 2 is 1.68 bits per heavy atom. The summed E-state index contributed by atoms with van der Waals surface area (Å²) in [5, 5.41) is 3.86. The molecule has 3 rings (SSSR count). The number of aromatic nitrogens is 1. The molecule has 0 saturated carbocycles. The molecule has 5 nitrogen and oxygen atoms in total. The van der Waals surface area contributed by atoms with Gasteiger partial charge in [0.25, 0.3) is 5.91 Å². The van der Waals surface area contributed by atoms with Gasteiger partial charge >= 0.3 is 0 Å². The highest BCUT2D eigenvalue weighted by Crippen LogP contribution is 2.17. The lowest BCUT2D eigenvalue weighted by Gasteiger charge is -2.14. The molecule has 25 heavy (non-hydrogen) atoms. The topological polar surface area (TPSA) is 76.1 Å². The molecule has 128 valence electrons. The number of hydrogen-bond donors (Lipinski definition) is 1. The van der Waals surface area contributed by atoms with Crippen molar-refractivity contribution >= 4 is 26.6 Å². The molecule has 6 heteroatoms. The second-order valence-corrected chi connectivity index (χ2v) is 7.94. The van der Waals surface area contributed by atoms with Crippen LogP contribution < -0.4 is 5.32 Å². The molecule has 1 aromatic heterocycles. The Balaban J connectivity index is 1.77. The fourth-order valence-electron chi connectivity index (χ4n) is 2.55. The smallest absolute Gasteiger partial charge is 0.270 e. The standard InChI is InChI=1S/C19H18N2O3S/c1-13(14-7-10-16(11-8-14)25(2,23)24)20-19(22)18-12-9-15-5-3-4-6-17(15)21-18/h3-13H,1-2H3,(H,20,22). The Morgan fingerprint density at radius 3 is 2.36 bits per heavy atom. The molecule has 0 aliphatic carbocycles. The zero-order valence-electron chi connectivity index (χ0n) is 13.9. The van der Waals surface area contributed by atoms with Crippen molar-refractivity contribution in [2.24, 2.45) is 0 Å². The van der Waals surface area contributed by atoms with E-state index in [1.807, 2.05) is 37.3 Å². The summed E-state index contributed by atoms with van der Waals surface area (Å²) in [7, 11) is -3.23. The van der Waals surface area contributed by atoms with E-state index >= 15 is 0 Å². The Bertz CT molecular complexity index is 1030. The molecule has 0 saturated heterocycles. The summed E-state index contributed by atoms with van der Waals surface area (Å²) in [6.45, 7) is 1.84. The fraction of sp³-hybridized carbons (Fsp3) is 0.158. The van der Waals surface area contributed by atoms with Crippen molar-refractivity contribution in [3.8, 4) is 0 Å². The van der Waals surface area contributed by atoms with E-state index in [1.54, 1.807) is 30.3 Å². The predicted molar refractivity (Wildman–Crippen MR) is 97.2 cm³/mol. The first-order chi connectivity index (χ1) is 11.8. The average molecular weight is 354 g/mol. The van der Waals surface area contributed by atoms with Crippen LogP contribution >= 0.6 is 0 Å². The summed E-state index contributed by atoms with van der Waals surface area (Å²) in [5.41, 5.74) is 1.93. The van der Waals surface area contributed by atoms with E-state index in [-0.39, 0.29) is 16.8 Å². The fourth-order valence-corrected chi connectivity index (χ4v) is 3.18. The van der Waals surface area contributed by atoms with Crippen molar-refractivity contribution in [3.05, 3.63) is 71.9 Å². The van der Waals surface area contributed by atoms with Crippen LogP contribution in [0.15, 0.2) is 65.6 Å². The molecule has 0 spiro atoms. The average Bonchev–Trinajstić information content (AvgIpc) is 2.60. The number of para-hydroxylation sites is 1. The second kappa shape index (κ2) is 6.64. The lowest BCUT2D eigenvalue weighted by Crippen LogP contribution is -2.27. The first-order valence-electron chi connectivity index (χ1n) is 7.81. The molecular formula is C19H18N2O3S. The summed E-state index contributed by atoms with van der Waals surface area (Å²) >= 11 is 0. The van der Waals surface area contributed by atoms with Gasteiger partial charge < -0.3 is 5.32 Å². The van der Waals surface area contributed by atoms with Gasteiger partial charge in [0.2, 0.25) is 0 Å². The minimum atomic E-state index is -3.23. The number of pyridine rings is 1. The van der Waals surface area contributed by atoms with Crippen LogP contribution in [-0.2, 0) is 9.84 Å². The number of amides is 1. The third kappa shape index (κ3) is 3.85. The Hall–Kier alpha value is -2.73. The van der Waals surface area contributed by atoms with E-state index in [2.05, 4.69) is 10.3 Å². The van der Waals surface area contributed by atoms with E-state index in [4.69, 9.17) is 0 Å². The Labute approximate surface area is 146 Å². The summed E-state index contributed by atoms with van der Waals surface area (Å²) in [4.78, 5) is 17.1. The van der Waals surface area contributed by atoms with Crippen LogP contribution in [0.5, 0.6) is 0 Å². The van der Waals surface area contributed by atoms with E-state index in [0.717, 1.165) is 16.5 Å². The van der Waals surface area contributed by atoms with Gasteiger partial charge in [0.05, 0.1) is 16.5 Å². The van der Waals surface area contributed by atoms with Crippen molar-refractivity contribution in [1.29, 1.82) is 0 Å². The molecule has 1 atom stereocenters. The molecule has 3 aromatic rings. The summed E-state index contributed by atoms with van der Waals surface area (Å²) in [6, 6.07) is 17.4. The SMILES string of the molecule is CC(NC(=O)c1ccc2ccccc2n1)c1ccc(S(C)(=O)=O)cc1. The normalized spacial score (nSPS) is 12.7. The summed E-state index contributed by atoms with van der Waals surface area (Å²) in [5.74, 6) is -0.273. The lowest BCUT2D eigenvalue weighted by atomic mass is 10.1. The maximum Gasteiger partial charge on any atom is 0.270 e. The lowest BCUT2D eigenvalue weighted by molar-refractivity contribution is 0.0935. The highest BCUT2D eigenvalue weighted by atomic mass is 32.2. The van der Waals surface area contributed by atoms with Gasteiger partial charge in [-0.25, -0.2) is 13.4 Å². The van der Waals surface area contributed by atoms with Gasteiger partial charge in [-0.05, 0) is 36.8 Å². The van der Waals surface area contributed by atoms with Crippen LogP contribution in [0.3, 0.4) is 0 Å². The molecule has 0 aliphatic rings. The van der Waals surface area contributed by atoms with Crippen molar-refractivity contribution in [2.75, 3.05) is 6.26 Å². The molecule has 0 fully saturated rings. The number of nitrogens with one attached hydrogen (secondary N) is 1. The summed E-state index contributed by atoms with van der Waals surface area (Å²) in [6.07, 6.45) is 1.17. The summed E-state index contributed by atoms with van der Waals surface area (Å²) < 4.78 is 23.0. The quantitative estimate of drug-likeness (QED) is 0.781. The minimum absolute atomic E-state index is 0.256. The molecule has 2 aromatic carbocycles. The molecule has 1 amide bonds. The highest BCUT2D eigenvalue weighted by molar-refractivity contribution is 7.90. The highest BCUT2D eigenvalue weighted by Gasteiger charge is 2.14. The molecule has 1 unspecified atom stereocenters. The van der Waals surface area contributed by atoms with Crippen LogP contribution in [0, 0.1) is 0 Å². The van der Waals surface area contributed by atoms with Crippen LogP contribution in [0.4, 0.5) is 0 Å². The van der Waals surface area contributed by atoms with Crippen molar-refractivity contribution in [2.45, 2.75) is 17.9 Å². The number of carbonyl (C=O) groups excluding carboxylic acids is 1. The van der Waals surface area contributed by atoms with Gasteiger partial charge in [-0.1, -0.05) is 36.4 Å². The monoisotopic (exact) mass is 354 g/mol. The maximum atomic E-state index is 12.4. The molecule has 0 radical (unpaired) electrons. The van der Waals surface area contributed by atoms with Crippen molar-refractivity contribution in [3.63, 3.8) is 0 Å². The number of carbonyl (C=O) groups is 1. The van der Waals surface area contributed by atoms with Gasteiger partial charge in [-0.3, -0.25) is 4.79 Å². The number of benzene rings is 2. The Morgan fingerprint density at radius 1 is 1.00 bits per heavy atom. The molecule has 0 bridgehead atoms. The predicted octanol–water partition coefficient (Wildman–Crippen LogP) is 3.13. The number of nitrogens with zero attached hydrogens (tertiary/aromatic N) is 1. The van der Waals surface area contributed by atoms with E-state index < -0.39 is 9.84 Å². The van der Waals surface area contributed by atoms with Crippen LogP contribution in [-0.4, -0.2) is 25.6 Å². The third-order valence-corrected chi connectivity index (χ3v) is 5.12.